The van der Waals surface area contributed by atoms with Crippen molar-refractivity contribution in [1.82, 2.24) is 25.0 Å². The van der Waals surface area contributed by atoms with Crippen LogP contribution in [0.2, 0.25) is 0 Å². The van der Waals surface area contributed by atoms with Crippen LogP contribution in [0.25, 0.3) is 0 Å². The fraction of sp³-hybridized carbons (Fsp3) is 0.444. The molecule has 2 aromatic rings. The van der Waals surface area contributed by atoms with Gasteiger partial charge in [-0.25, -0.2) is 4.98 Å². The van der Waals surface area contributed by atoms with Gasteiger partial charge in [-0.15, -0.1) is 0 Å². The largest absolute Gasteiger partial charge is 0.379 e. The monoisotopic (exact) mass is 207 g/mol. The number of aliphatic hydroxyl groups excluding tert-OH is 1. The van der Waals surface area contributed by atoms with Crippen molar-refractivity contribution in [2.75, 3.05) is 0 Å². The highest BCUT2D eigenvalue weighted by Crippen LogP contribution is 2.17. The van der Waals surface area contributed by atoms with Crippen molar-refractivity contribution in [2.45, 2.75) is 26.0 Å². The van der Waals surface area contributed by atoms with Crippen LogP contribution in [0.5, 0.6) is 0 Å². The highest BCUT2D eigenvalue weighted by Gasteiger charge is 2.17. The molecule has 6 heteroatoms. The van der Waals surface area contributed by atoms with E-state index in [0.29, 0.717) is 5.82 Å². The number of aliphatic hydroxyl groups is 1. The van der Waals surface area contributed by atoms with Crippen LogP contribution < -0.4 is 0 Å². The Morgan fingerprint density at radius 1 is 1.60 bits per heavy atom. The van der Waals surface area contributed by atoms with Crippen molar-refractivity contribution in [3.63, 3.8) is 0 Å². The van der Waals surface area contributed by atoms with Crippen molar-refractivity contribution >= 4 is 0 Å². The molecule has 15 heavy (non-hydrogen) atoms. The van der Waals surface area contributed by atoms with E-state index in [2.05, 4.69) is 27.2 Å². The Bertz CT molecular complexity index is 408. The topological polar surface area (TPSA) is 79.6 Å². The predicted octanol–water partition coefficient (Wildman–Crippen LogP) is 0.493. The van der Waals surface area contributed by atoms with Gasteiger partial charge in [0.15, 0.2) is 11.9 Å². The summed E-state index contributed by atoms with van der Waals surface area (Å²) in [6.07, 6.45) is 3.23. The first-order valence-corrected chi connectivity index (χ1v) is 4.88. The third kappa shape index (κ3) is 1.89. The second-order valence-corrected chi connectivity index (χ2v) is 3.25. The Morgan fingerprint density at radius 3 is 3.13 bits per heavy atom. The van der Waals surface area contributed by atoms with Crippen LogP contribution in [0.4, 0.5) is 0 Å². The minimum absolute atomic E-state index is 0.438. The number of nitrogens with one attached hydrogen (secondary N) is 1. The van der Waals surface area contributed by atoms with E-state index < -0.39 is 6.10 Å². The third-order valence-corrected chi connectivity index (χ3v) is 2.16. The van der Waals surface area contributed by atoms with Gasteiger partial charge in [0.05, 0.1) is 5.69 Å². The van der Waals surface area contributed by atoms with Gasteiger partial charge in [0.1, 0.15) is 6.33 Å². The second kappa shape index (κ2) is 4.22. The summed E-state index contributed by atoms with van der Waals surface area (Å²) in [6.45, 7) is 2.85. The maximum absolute atomic E-state index is 9.98. The lowest BCUT2D eigenvalue weighted by Crippen LogP contribution is -2.11. The van der Waals surface area contributed by atoms with Gasteiger partial charge in [-0.2, -0.15) is 10.2 Å². The second-order valence-electron chi connectivity index (χ2n) is 3.25. The molecule has 2 aromatic heterocycles. The van der Waals surface area contributed by atoms with E-state index in [-0.39, 0.29) is 0 Å². The average molecular weight is 207 g/mol. The Labute approximate surface area is 87.0 Å². The number of aromatic amines is 1. The van der Waals surface area contributed by atoms with E-state index >= 15 is 0 Å². The molecular weight excluding hydrogens is 194 g/mol. The summed E-state index contributed by atoms with van der Waals surface area (Å²) < 4.78 is 1.77. The van der Waals surface area contributed by atoms with Crippen LogP contribution in [0.15, 0.2) is 18.6 Å². The Morgan fingerprint density at radius 2 is 2.47 bits per heavy atom. The number of aromatic nitrogens is 5. The van der Waals surface area contributed by atoms with E-state index in [1.165, 1.54) is 6.33 Å². The van der Waals surface area contributed by atoms with Gasteiger partial charge in [-0.05, 0) is 12.5 Å². The van der Waals surface area contributed by atoms with Gasteiger partial charge in [0, 0.05) is 12.7 Å². The van der Waals surface area contributed by atoms with Crippen molar-refractivity contribution in [2.24, 2.45) is 0 Å². The molecule has 2 rings (SSSR count). The van der Waals surface area contributed by atoms with E-state index in [1.54, 1.807) is 16.9 Å². The SMILES string of the molecule is CCCn1nccc1C(O)c1ncn[nH]1. The van der Waals surface area contributed by atoms with Crippen molar-refractivity contribution in [3.8, 4) is 0 Å². The molecule has 0 radical (unpaired) electrons. The lowest BCUT2D eigenvalue weighted by molar-refractivity contribution is 0.198. The molecule has 0 bridgehead atoms. The van der Waals surface area contributed by atoms with E-state index in [1.807, 2.05) is 0 Å². The molecule has 1 atom stereocenters. The van der Waals surface area contributed by atoms with Gasteiger partial charge >= 0.3 is 0 Å². The number of rotatable bonds is 4. The summed E-state index contributed by atoms with van der Waals surface area (Å²) in [7, 11) is 0. The molecule has 6 nitrogen and oxygen atoms in total. The maximum atomic E-state index is 9.98. The molecular formula is C9H13N5O. The van der Waals surface area contributed by atoms with Gasteiger partial charge in [0.25, 0.3) is 0 Å². The van der Waals surface area contributed by atoms with Gasteiger partial charge < -0.3 is 5.11 Å². The highest BCUT2D eigenvalue weighted by atomic mass is 16.3. The number of H-pyrrole nitrogens is 1. The van der Waals surface area contributed by atoms with Crippen LogP contribution >= 0.6 is 0 Å². The van der Waals surface area contributed by atoms with Crippen LogP contribution in [0.3, 0.4) is 0 Å². The van der Waals surface area contributed by atoms with Crippen molar-refractivity contribution < 1.29 is 5.11 Å². The van der Waals surface area contributed by atoms with Crippen LogP contribution in [0, 0.1) is 0 Å². The average Bonchev–Trinajstić information content (AvgIpc) is 2.87. The molecule has 0 spiro atoms. The van der Waals surface area contributed by atoms with Crippen LogP contribution in [-0.2, 0) is 6.54 Å². The van der Waals surface area contributed by atoms with Crippen molar-refractivity contribution in [1.29, 1.82) is 0 Å². The lowest BCUT2D eigenvalue weighted by atomic mass is 10.2. The van der Waals surface area contributed by atoms with Crippen molar-refractivity contribution in [3.05, 3.63) is 30.1 Å². The van der Waals surface area contributed by atoms with E-state index in [4.69, 9.17) is 0 Å². The minimum Gasteiger partial charge on any atom is -0.379 e. The number of hydrogen-bond acceptors (Lipinski definition) is 4. The number of nitrogens with zero attached hydrogens (tertiary/aromatic N) is 4. The molecule has 2 N–H and O–H groups in total. The van der Waals surface area contributed by atoms with Crippen LogP contribution in [0.1, 0.15) is 31.0 Å². The summed E-state index contributed by atoms with van der Waals surface area (Å²) in [5.74, 6) is 0.438. The smallest absolute Gasteiger partial charge is 0.159 e. The molecule has 0 aliphatic carbocycles. The zero-order valence-electron chi connectivity index (χ0n) is 8.46. The molecule has 2 heterocycles. The van der Waals surface area contributed by atoms with Crippen LogP contribution in [-0.4, -0.2) is 30.1 Å². The fourth-order valence-corrected chi connectivity index (χ4v) is 1.46. The fourth-order valence-electron chi connectivity index (χ4n) is 1.46. The first-order valence-electron chi connectivity index (χ1n) is 4.88. The molecule has 0 aliphatic heterocycles. The molecule has 0 amide bonds. The standard InChI is InChI=1S/C9H13N5O/c1-2-5-14-7(3-4-12-14)8(15)9-10-6-11-13-9/h3-4,6,8,15H,2,5H2,1H3,(H,10,11,13). The summed E-state index contributed by atoms with van der Waals surface area (Å²) in [6, 6.07) is 1.78. The molecule has 80 valence electrons. The minimum atomic E-state index is -0.790. The third-order valence-electron chi connectivity index (χ3n) is 2.16. The summed E-state index contributed by atoms with van der Waals surface area (Å²) >= 11 is 0. The zero-order valence-corrected chi connectivity index (χ0v) is 8.46. The lowest BCUT2D eigenvalue weighted by Gasteiger charge is -2.09. The summed E-state index contributed by atoms with van der Waals surface area (Å²) in [4.78, 5) is 3.92. The molecule has 0 fully saturated rings. The molecule has 0 saturated heterocycles. The molecule has 1 unspecified atom stereocenters. The Balaban J connectivity index is 2.25. The quantitative estimate of drug-likeness (QED) is 0.764. The number of hydrogen-bond donors (Lipinski definition) is 2. The summed E-state index contributed by atoms with van der Waals surface area (Å²) in [5, 5.41) is 20.5. The van der Waals surface area contributed by atoms with E-state index in [9.17, 15) is 5.11 Å². The Hall–Kier alpha value is -1.69. The van der Waals surface area contributed by atoms with Gasteiger partial charge in [-0.3, -0.25) is 9.78 Å². The number of aryl methyl sites for hydroxylation is 1. The zero-order chi connectivity index (χ0) is 10.7. The van der Waals surface area contributed by atoms with Gasteiger partial charge in [-0.1, -0.05) is 6.92 Å². The van der Waals surface area contributed by atoms with E-state index in [0.717, 1.165) is 18.7 Å². The summed E-state index contributed by atoms with van der Waals surface area (Å²) in [5.41, 5.74) is 0.730. The first kappa shape index (κ1) is 9.85. The highest BCUT2D eigenvalue weighted by molar-refractivity contribution is 5.12. The normalized spacial score (nSPS) is 12.9. The molecule has 0 aliphatic rings. The predicted molar refractivity (Wildman–Crippen MR) is 53.0 cm³/mol. The van der Waals surface area contributed by atoms with Gasteiger partial charge in [0.2, 0.25) is 0 Å². The molecule has 0 saturated carbocycles. The maximum Gasteiger partial charge on any atom is 0.159 e. The molecule has 0 aromatic carbocycles. The first-order chi connectivity index (χ1) is 7.33. The Kier molecular flexibility index (Phi) is 2.77.